The number of nitrogens with zero attached hydrogens (tertiary/aromatic N) is 2. The Hall–Kier alpha value is -1.42. The van der Waals surface area contributed by atoms with Crippen LogP contribution < -0.4 is 5.73 Å². The van der Waals surface area contributed by atoms with E-state index in [4.69, 9.17) is 5.73 Å². The van der Waals surface area contributed by atoms with Crippen LogP contribution in [0.3, 0.4) is 0 Å². The average molecular weight is 249 g/mol. The van der Waals surface area contributed by atoms with E-state index < -0.39 is 0 Å². The maximum absolute atomic E-state index is 13.3. The summed E-state index contributed by atoms with van der Waals surface area (Å²) in [5.74, 6) is 1.02. The molecule has 1 atom stereocenters. The van der Waals surface area contributed by atoms with E-state index in [9.17, 15) is 4.39 Å². The molecular formula is C14H20FN3. The summed E-state index contributed by atoms with van der Waals surface area (Å²) in [7, 11) is 0. The molecule has 1 aromatic heterocycles. The van der Waals surface area contributed by atoms with Crippen LogP contribution >= 0.6 is 0 Å². The molecule has 3 nitrogen and oxygen atoms in total. The molecular weight excluding hydrogens is 229 g/mol. The standard InChI is InChI=1S/C14H20FN3/c1-3-5-10(9-16)14-17-12-7-6-11(15)8-13(12)18(14)4-2/h6-8,10H,3-5,9,16H2,1-2H3. The number of hydrogen-bond donors (Lipinski definition) is 1. The van der Waals surface area contributed by atoms with Gasteiger partial charge in [-0.3, -0.25) is 0 Å². The van der Waals surface area contributed by atoms with Crippen molar-refractivity contribution in [2.75, 3.05) is 6.54 Å². The number of hydrogen-bond acceptors (Lipinski definition) is 2. The summed E-state index contributed by atoms with van der Waals surface area (Å²) < 4.78 is 15.4. The van der Waals surface area contributed by atoms with Crippen molar-refractivity contribution < 1.29 is 4.39 Å². The zero-order valence-corrected chi connectivity index (χ0v) is 11.0. The molecule has 1 unspecified atom stereocenters. The van der Waals surface area contributed by atoms with Crippen LogP contribution in [0.25, 0.3) is 11.0 Å². The van der Waals surface area contributed by atoms with Crippen molar-refractivity contribution >= 4 is 11.0 Å². The average Bonchev–Trinajstić information content (AvgIpc) is 2.73. The topological polar surface area (TPSA) is 43.8 Å². The molecule has 1 heterocycles. The highest BCUT2D eigenvalue weighted by Gasteiger charge is 2.18. The number of fused-ring (bicyclic) bond motifs is 1. The molecule has 0 spiro atoms. The minimum Gasteiger partial charge on any atom is -0.330 e. The van der Waals surface area contributed by atoms with E-state index in [2.05, 4.69) is 23.4 Å². The summed E-state index contributed by atoms with van der Waals surface area (Å²) >= 11 is 0. The monoisotopic (exact) mass is 249 g/mol. The third kappa shape index (κ3) is 2.25. The van der Waals surface area contributed by atoms with Crippen LogP contribution in [0, 0.1) is 5.82 Å². The molecule has 98 valence electrons. The first-order valence-electron chi connectivity index (χ1n) is 6.57. The van der Waals surface area contributed by atoms with E-state index in [0.717, 1.165) is 36.2 Å². The summed E-state index contributed by atoms with van der Waals surface area (Å²) in [5, 5.41) is 0. The van der Waals surface area contributed by atoms with Crippen LogP contribution in [0.2, 0.25) is 0 Å². The fourth-order valence-corrected chi connectivity index (χ4v) is 2.46. The Kier molecular flexibility index (Phi) is 3.97. The Balaban J connectivity index is 2.56. The van der Waals surface area contributed by atoms with Crippen LogP contribution in [-0.2, 0) is 6.54 Å². The van der Waals surface area contributed by atoms with Crippen molar-refractivity contribution in [3.63, 3.8) is 0 Å². The maximum atomic E-state index is 13.3. The zero-order valence-electron chi connectivity index (χ0n) is 11.0. The van der Waals surface area contributed by atoms with Crippen molar-refractivity contribution in [2.45, 2.75) is 39.2 Å². The number of aryl methyl sites for hydroxylation is 1. The second-order valence-corrected chi connectivity index (χ2v) is 4.57. The van der Waals surface area contributed by atoms with Gasteiger partial charge in [-0.2, -0.15) is 0 Å². The van der Waals surface area contributed by atoms with Crippen LogP contribution in [-0.4, -0.2) is 16.1 Å². The van der Waals surface area contributed by atoms with E-state index in [1.165, 1.54) is 6.07 Å². The quantitative estimate of drug-likeness (QED) is 0.885. The van der Waals surface area contributed by atoms with E-state index in [-0.39, 0.29) is 11.7 Å². The normalized spacial score (nSPS) is 13.1. The van der Waals surface area contributed by atoms with Crippen molar-refractivity contribution in [1.82, 2.24) is 9.55 Å². The molecule has 2 aromatic rings. The second-order valence-electron chi connectivity index (χ2n) is 4.57. The summed E-state index contributed by atoms with van der Waals surface area (Å²) in [6.45, 7) is 5.56. The van der Waals surface area contributed by atoms with Gasteiger partial charge in [0.2, 0.25) is 0 Å². The predicted molar refractivity (Wildman–Crippen MR) is 72.1 cm³/mol. The highest BCUT2D eigenvalue weighted by atomic mass is 19.1. The fraction of sp³-hybridized carbons (Fsp3) is 0.500. The van der Waals surface area contributed by atoms with Crippen molar-refractivity contribution in [3.05, 3.63) is 29.8 Å². The van der Waals surface area contributed by atoms with Gasteiger partial charge in [-0.1, -0.05) is 13.3 Å². The zero-order chi connectivity index (χ0) is 13.1. The lowest BCUT2D eigenvalue weighted by molar-refractivity contribution is 0.556. The number of rotatable bonds is 5. The van der Waals surface area contributed by atoms with Gasteiger partial charge in [0.05, 0.1) is 11.0 Å². The van der Waals surface area contributed by atoms with Gasteiger partial charge in [-0.15, -0.1) is 0 Å². The van der Waals surface area contributed by atoms with Gasteiger partial charge in [0.15, 0.2) is 0 Å². The highest BCUT2D eigenvalue weighted by molar-refractivity contribution is 5.76. The molecule has 0 aliphatic heterocycles. The lowest BCUT2D eigenvalue weighted by atomic mass is 10.0. The first-order valence-corrected chi connectivity index (χ1v) is 6.57. The van der Waals surface area contributed by atoms with Gasteiger partial charge < -0.3 is 10.3 Å². The summed E-state index contributed by atoms with van der Waals surface area (Å²) in [4.78, 5) is 4.63. The Morgan fingerprint density at radius 2 is 2.17 bits per heavy atom. The minimum atomic E-state index is -0.219. The summed E-state index contributed by atoms with van der Waals surface area (Å²) in [5.41, 5.74) is 7.55. The molecule has 0 fully saturated rings. The van der Waals surface area contributed by atoms with Crippen LogP contribution in [0.5, 0.6) is 0 Å². The predicted octanol–water partition coefficient (Wildman–Crippen LogP) is 3.04. The maximum Gasteiger partial charge on any atom is 0.125 e. The molecule has 2 rings (SSSR count). The van der Waals surface area contributed by atoms with E-state index in [1.54, 1.807) is 12.1 Å². The van der Waals surface area contributed by atoms with Crippen LogP contribution in [0.1, 0.15) is 38.4 Å². The molecule has 1 aromatic carbocycles. The van der Waals surface area contributed by atoms with Gasteiger partial charge in [0.25, 0.3) is 0 Å². The molecule has 18 heavy (non-hydrogen) atoms. The molecule has 0 bridgehead atoms. The number of nitrogens with two attached hydrogens (primary N) is 1. The van der Waals surface area contributed by atoms with Gasteiger partial charge in [0.1, 0.15) is 11.6 Å². The van der Waals surface area contributed by atoms with Crippen molar-refractivity contribution in [2.24, 2.45) is 5.73 Å². The third-order valence-corrected chi connectivity index (χ3v) is 3.34. The third-order valence-electron chi connectivity index (χ3n) is 3.34. The SMILES string of the molecule is CCCC(CN)c1nc2ccc(F)cc2n1CC. The number of halogens is 1. The van der Waals surface area contributed by atoms with E-state index >= 15 is 0 Å². The molecule has 0 saturated carbocycles. The largest absolute Gasteiger partial charge is 0.330 e. The summed E-state index contributed by atoms with van der Waals surface area (Å²) in [6, 6.07) is 4.74. The van der Waals surface area contributed by atoms with Crippen molar-refractivity contribution in [1.29, 1.82) is 0 Å². The minimum absolute atomic E-state index is 0.219. The molecule has 0 aliphatic rings. The number of aromatic nitrogens is 2. The Morgan fingerprint density at radius 1 is 1.39 bits per heavy atom. The lowest BCUT2D eigenvalue weighted by Gasteiger charge is -2.15. The van der Waals surface area contributed by atoms with Crippen LogP contribution in [0.15, 0.2) is 18.2 Å². The van der Waals surface area contributed by atoms with Gasteiger partial charge in [-0.25, -0.2) is 9.37 Å². The molecule has 0 saturated heterocycles. The lowest BCUT2D eigenvalue weighted by Crippen LogP contribution is -2.17. The molecule has 4 heteroatoms. The number of benzene rings is 1. The van der Waals surface area contributed by atoms with Crippen LogP contribution in [0.4, 0.5) is 4.39 Å². The summed E-state index contributed by atoms with van der Waals surface area (Å²) in [6.07, 6.45) is 2.09. The second kappa shape index (κ2) is 5.48. The number of imidazole rings is 1. The van der Waals surface area contributed by atoms with E-state index in [0.29, 0.717) is 6.54 Å². The Labute approximate surface area is 107 Å². The molecule has 0 amide bonds. The molecule has 2 N–H and O–H groups in total. The molecule has 0 radical (unpaired) electrons. The molecule has 0 aliphatic carbocycles. The van der Waals surface area contributed by atoms with Gasteiger partial charge in [0, 0.05) is 19.0 Å². The Morgan fingerprint density at radius 3 is 2.78 bits per heavy atom. The highest BCUT2D eigenvalue weighted by Crippen LogP contribution is 2.25. The fourth-order valence-electron chi connectivity index (χ4n) is 2.46. The van der Waals surface area contributed by atoms with Gasteiger partial charge >= 0.3 is 0 Å². The van der Waals surface area contributed by atoms with E-state index in [1.807, 2.05) is 0 Å². The smallest absolute Gasteiger partial charge is 0.125 e. The Bertz CT molecular complexity index is 533. The van der Waals surface area contributed by atoms with Gasteiger partial charge in [-0.05, 0) is 31.5 Å². The first kappa shape index (κ1) is 13.0. The van der Waals surface area contributed by atoms with Crippen molar-refractivity contribution in [3.8, 4) is 0 Å². The first-order chi connectivity index (χ1) is 8.71.